The first-order chi connectivity index (χ1) is 18.0. The third-order valence-electron chi connectivity index (χ3n) is 5.38. The number of hydrogen-bond acceptors (Lipinski definition) is 10. The first kappa shape index (κ1) is 23.8. The van der Waals surface area contributed by atoms with Crippen molar-refractivity contribution in [2.75, 3.05) is 0 Å². The number of rotatable bonds is 7. The normalized spacial score (nSPS) is 10.8. The molecule has 2 heterocycles. The van der Waals surface area contributed by atoms with Crippen LogP contribution in [0.1, 0.15) is 16.1 Å². The molecule has 3 aromatic carbocycles. The molecule has 37 heavy (non-hydrogen) atoms. The fraction of sp³-hybridized carbons (Fsp3) is 0.0400. The van der Waals surface area contributed by atoms with Crippen LogP contribution in [0.15, 0.2) is 98.6 Å². The Morgan fingerprint density at radius 1 is 1.03 bits per heavy atom. The van der Waals surface area contributed by atoms with Gasteiger partial charge in [-0.05, 0) is 36.0 Å². The molecular formula is C25H16N6O5S. The Labute approximate surface area is 213 Å². The first-order valence-electron chi connectivity index (χ1n) is 10.8. The second-order valence-corrected chi connectivity index (χ2v) is 8.74. The van der Waals surface area contributed by atoms with E-state index in [0.717, 1.165) is 22.5 Å². The van der Waals surface area contributed by atoms with Gasteiger partial charge in [0, 0.05) is 17.2 Å². The van der Waals surface area contributed by atoms with Gasteiger partial charge >= 0.3 is 0 Å². The van der Waals surface area contributed by atoms with Gasteiger partial charge in [0.1, 0.15) is 22.7 Å². The summed E-state index contributed by atoms with van der Waals surface area (Å²) in [4.78, 5) is 40.3. The number of benzene rings is 3. The van der Waals surface area contributed by atoms with Crippen LogP contribution in [0, 0.1) is 21.9 Å². The van der Waals surface area contributed by atoms with E-state index in [2.05, 4.69) is 20.4 Å². The van der Waals surface area contributed by atoms with E-state index in [0.29, 0.717) is 22.6 Å². The molecule has 5 rings (SSSR count). The minimum absolute atomic E-state index is 0.0777. The van der Waals surface area contributed by atoms with Gasteiger partial charge in [-0.3, -0.25) is 14.9 Å². The summed E-state index contributed by atoms with van der Waals surface area (Å²) in [6.07, 6.45) is 0. The van der Waals surface area contributed by atoms with Gasteiger partial charge in [0.05, 0.1) is 9.82 Å². The molecule has 0 aliphatic rings. The van der Waals surface area contributed by atoms with E-state index in [1.165, 1.54) is 12.1 Å². The molecule has 0 N–H and O–H groups in total. The topological polar surface area (TPSA) is 146 Å². The average molecular weight is 513 g/mol. The first-order valence-corrected chi connectivity index (χ1v) is 11.7. The molecule has 11 nitrogen and oxygen atoms in total. The van der Waals surface area contributed by atoms with Crippen LogP contribution in [0.25, 0.3) is 22.6 Å². The molecule has 0 bridgehead atoms. The van der Waals surface area contributed by atoms with Crippen molar-refractivity contribution in [3.8, 4) is 22.6 Å². The van der Waals surface area contributed by atoms with E-state index in [9.17, 15) is 19.8 Å². The third-order valence-corrected chi connectivity index (χ3v) is 6.30. The van der Waals surface area contributed by atoms with Crippen LogP contribution >= 0.6 is 11.8 Å². The molecular weight excluding hydrogens is 496 g/mol. The van der Waals surface area contributed by atoms with Crippen molar-refractivity contribution in [2.24, 2.45) is 5.18 Å². The van der Waals surface area contributed by atoms with Gasteiger partial charge in [-0.1, -0.05) is 65.8 Å². The van der Waals surface area contributed by atoms with Crippen molar-refractivity contribution in [1.29, 1.82) is 0 Å². The number of nitrogens with zero attached hydrogens (tertiary/aromatic N) is 6. The Kier molecular flexibility index (Phi) is 6.39. The lowest BCUT2D eigenvalue weighted by Gasteiger charge is -2.05. The zero-order chi connectivity index (χ0) is 25.9. The maximum atomic E-state index is 13.8. The summed E-state index contributed by atoms with van der Waals surface area (Å²) < 4.78 is 6.49. The quantitative estimate of drug-likeness (QED) is 0.144. The SMILES string of the molecule is Cc1onc(-c2ccccc2)c1C(=O)n1nc(Sc2ccc(N=O)cc2[N+](=O)[O-])nc1-c1ccccc1. The van der Waals surface area contributed by atoms with Gasteiger partial charge in [0.15, 0.2) is 5.82 Å². The summed E-state index contributed by atoms with van der Waals surface area (Å²) in [6, 6.07) is 21.9. The largest absolute Gasteiger partial charge is 0.360 e. The lowest BCUT2D eigenvalue weighted by molar-refractivity contribution is -0.387. The molecule has 0 aliphatic carbocycles. The molecule has 12 heteroatoms. The van der Waals surface area contributed by atoms with Crippen molar-refractivity contribution >= 4 is 29.0 Å². The van der Waals surface area contributed by atoms with E-state index in [4.69, 9.17) is 4.52 Å². The van der Waals surface area contributed by atoms with Crippen molar-refractivity contribution in [2.45, 2.75) is 17.0 Å². The van der Waals surface area contributed by atoms with E-state index >= 15 is 0 Å². The van der Waals surface area contributed by atoms with Crippen LogP contribution in [-0.2, 0) is 0 Å². The Bertz CT molecular complexity index is 1630. The van der Waals surface area contributed by atoms with E-state index < -0.39 is 10.8 Å². The van der Waals surface area contributed by atoms with Crippen LogP contribution in [-0.4, -0.2) is 30.8 Å². The zero-order valence-electron chi connectivity index (χ0n) is 19.1. The monoisotopic (exact) mass is 512 g/mol. The lowest BCUT2D eigenvalue weighted by atomic mass is 10.1. The number of nitro benzene ring substituents is 1. The highest BCUT2D eigenvalue weighted by molar-refractivity contribution is 7.99. The molecule has 0 atom stereocenters. The molecule has 0 saturated heterocycles. The second-order valence-electron chi connectivity index (χ2n) is 7.73. The number of aromatic nitrogens is 4. The van der Waals surface area contributed by atoms with E-state index in [1.54, 1.807) is 31.2 Å². The second kappa shape index (κ2) is 9.95. The fourth-order valence-corrected chi connectivity index (χ4v) is 4.49. The van der Waals surface area contributed by atoms with Crippen LogP contribution in [0.3, 0.4) is 0 Å². The summed E-state index contributed by atoms with van der Waals surface area (Å²) in [6.45, 7) is 1.63. The van der Waals surface area contributed by atoms with Crippen LogP contribution in [0.2, 0.25) is 0 Å². The summed E-state index contributed by atoms with van der Waals surface area (Å²) in [5, 5.41) is 22.9. The van der Waals surface area contributed by atoms with Gasteiger partial charge in [-0.15, -0.1) is 10.0 Å². The molecule has 0 saturated carbocycles. The minimum Gasteiger partial charge on any atom is -0.360 e. The zero-order valence-corrected chi connectivity index (χ0v) is 20.0. The Hall–Kier alpha value is -4.97. The highest BCUT2D eigenvalue weighted by atomic mass is 32.2. The predicted octanol–water partition coefficient (Wildman–Crippen LogP) is 6.05. The van der Waals surface area contributed by atoms with Crippen LogP contribution in [0.5, 0.6) is 0 Å². The number of nitroso groups, excluding NO2 is 1. The number of carbonyl (C=O) groups is 1. The van der Waals surface area contributed by atoms with Crippen molar-refractivity contribution in [3.05, 3.63) is 105 Å². The Morgan fingerprint density at radius 2 is 1.70 bits per heavy atom. The molecule has 0 unspecified atom stereocenters. The van der Waals surface area contributed by atoms with Crippen molar-refractivity contribution in [1.82, 2.24) is 19.9 Å². The maximum Gasteiger partial charge on any atom is 0.286 e. The van der Waals surface area contributed by atoms with Gasteiger partial charge in [0.2, 0.25) is 5.16 Å². The highest BCUT2D eigenvalue weighted by Crippen LogP contribution is 2.37. The fourth-order valence-electron chi connectivity index (χ4n) is 3.66. The molecule has 0 radical (unpaired) electrons. The molecule has 2 aromatic heterocycles. The molecule has 0 fully saturated rings. The molecule has 5 aromatic rings. The Balaban J connectivity index is 1.62. The predicted molar refractivity (Wildman–Crippen MR) is 135 cm³/mol. The summed E-state index contributed by atoms with van der Waals surface area (Å²) >= 11 is 0.891. The van der Waals surface area contributed by atoms with E-state index in [1.807, 2.05) is 36.4 Å². The smallest absolute Gasteiger partial charge is 0.286 e. The number of aryl methyl sites for hydroxylation is 1. The summed E-state index contributed by atoms with van der Waals surface area (Å²) in [5.41, 5.74) is 1.48. The molecule has 0 spiro atoms. The van der Waals surface area contributed by atoms with Gasteiger partial charge < -0.3 is 4.52 Å². The standard InChI is InChI=1S/C25H16N6O5S/c1-15-21(22(29-36-15)16-8-4-2-5-9-16)24(32)30-23(17-10-6-3-7-11-17)26-25(27-30)37-20-13-12-18(28-33)14-19(20)31(34)35/h2-14H,1H3. The van der Waals surface area contributed by atoms with E-state index in [-0.39, 0.29) is 32.8 Å². The summed E-state index contributed by atoms with van der Waals surface area (Å²) in [5.74, 6) is 0.0208. The number of carbonyl (C=O) groups excluding carboxylic acids is 1. The van der Waals surface area contributed by atoms with Gasteiger partial charge in [-0.25, -0.2) is 4.98 Å². The highest BCUT2D eigenvalue weighted by Gasteiger charge is 2.28. The third kappa shape index (κ3) is 4.65. The number of nitro groups is 1. The summed E-state index contributed by atoms with van der Waals surface area (Å²) in [7, 11) is 0. The minimum atomic E-state index is -0.621. The van der Waals surface area contributed by atoms with Crippen molar-refractivity contribution in [3.63, 3.8) is 0 Å². The number of hydrogen-bond donors (Lipinski definition) is 0. The average Bonchev–Trinajstić information content (AvgIpc) is 3.53. The van der Waals surface area contributed by atoms with Gasteiger partial charge in [0.25, 0.3) is 11.6 Å². The Morgan fingerprint density at radius 3 is 2.35 bits per heavy atom. The van der Waals surface area contributed by atoms with Crippen molar-refractivity contribution < 1.29 is 14.2 Å². The maximum absolute atomic E-state index is 13.8. The molecule has 0 amide bonds. The van der Waals surface area contributed by atoms with Gasteiger partial charge in [-0.2, -0.15) is 4.68 Å². The van der Waals surface area contributed by atoms with Crippen LogP contribution < -0.4 is 0 Å². The van der Waals surface area contributed by atoms with Crippen LogP contribution in [0.4, 0.5) is 11.4 Å². The molecule has 182 valence electrons. The lowest BCUT2D eigenvalue weighted by Crippen LogP contribution is -2.16. The molecule has 0 aliphatic heterocycles.